The Bertz CT molecular complexity index is 1330. The summed E-state index contributed by atoms with van der Waals surface area (Å²) in [5.74, 6) is 0.959. The van der Waals surface area contributed by atoms with Crippen LogP contribution in [0, 0.1) is 13.8 Å². The number of fused-ring (bicyclic) bond motifs is 1. The summed E-state index contributed by atoms with van der Waals surface area (Å²) in [7, 11) is 1.59. The zero-order valence-electron chi connectivity index (χ0n) is 19.2. The lowest BCUT2D eigenvalue weighted by molar-refractivity contribution is -0.120. The number of hydrogen-bond donors (Lipinski definition) is 1. The number of hydrogen-bond acceptors (Lipinski definition) is 6. The summed E-state index contributed by atoms with van der Waals surface area (Å²) in [6.07, 6.45) is 0. The van der Waals surface area contributed by atoms with Gasteiger partial charge in [-0.1, -0.05) is 23.8 Å². The fraction of sp³-hybridized carbons (Fsp3) is 0.185. The molecule has 7 nitrogen and oxygen atoms in total. The molecule has 0 fully saturated rings. The number of rotatable bonds is 5. The number of anilines is 2. The van der Waals surface area contributed by atoms with Crippen LogP contribution in [-0.4, -0.2) is 32.1 Å². The molecule has 0 aromatic heterocycles. The average molecular weight is 456 g/mol. The monoisotopic (exact) mass is 456 g/mol. The number of benzene rings is 3. The van der Waals surface area contributed by atoms with E-state index in [-0.39, 0.29) is 5.70 Å². The predicted octanol–water partition coefficient (Wildman–Crippen LogP) is 4.48. The molecule has 0 bridgehead atoms. The van der Waals surface area contributed by atoms with Gasteiger partial charge in [0.05, 0.1) is 18.4 Å². The van der Waals surface area contributed by atoms with Crippen LogP contribution in [-0.2, 0) is 9.59 Å². The van der Waals surface area contributed by atoms with Crippen molar-refractivity contribution in [2.24, 2.45) is 0 Å². The van der Waals surface area contributed by atoms with Crippen molar-refractivity contribution in [3.8, 4) is 17.2 Å². The highest BCUT2D eigenvalue weighted by atomic mass is 16.6. The van der Waals surface area contributed by atoms with Crippen molar-refractivity contribution in [1.29, 1.82) is 0 Å². The summed E-state index contributed by atoms with van der Waals surface area (Å²) in [5.41, 5.74) is 4.34. The molecule has 3 aromatic carbocycles. The highest BCUT2D eigenvalue weighted by Gasteiger charge is 2.41. The Kier molecular flexibility index (Phi) is 5.45. The van der Waals surface area contributed by atoms with Crippen LogP contribution < -0.4 is 24.4 Å². The van der Waals surface area contributed by atoms with Gasteiger partial charge in [-0.05, 0) is 61.4 Å². The van der Waals surface area contributed by atoms with E-state index >= 15 is 0 Å². The van der Waals surface area contributed by atoms with E-state index < -0.39 is 11.8 Å². The number of amides is 2. The summed E-state index contributed by atoms with van der Waals surface area (Å²) in [6, 6.07) is 18.1. The van der Waals surface area contributed by atoms with E-state index in [1.54, 1.807) is 49.6 Å². The molecular formula is C27H24N2O5. The molecule has 0 radical (unpaired) electrons. The van der Waals surface area contributed by atoms with Crippen LogP contribution >= 0.6 is 0 Å². The fourth-order valence-electron chi connectivity index (χ4n) is 4.21. The molecule has 172 valence electrons. The molecule has 0 atom stereocenters. The topological polar surface area (TPSA) is 77.1 Å². The maximum absolute atomic E-state index is 13.7. The Morgan fingerprint density at radius 1 is 0.853 bits per heavy atom. The first-order valence-electron chi connectivity index (χ1n) is 11.0. The molecule has 2 amide bonds. The Hall–Kier alpha value is -4.26. The Balaban J connectivity index is 1.59. The summed E-state index contributed by atoms with van der Waals surface area (Å²) < 4.78 is 16.5. The first-order valence-corrected chi connectivity index (χ1v) is 11.0. The molecule has 2 heterocycles. The van der Waals surface area contributed by atoms with Gasteiger partial charge in [0.2, 0.25) is 0 Å². The van der Waals surface area contributed by atoms with Gasteiger partial charge in [-0.15, -0.1) is 0 Å². The van der Waals surface area contributed by atoms with Crippen molar-refractivity contribution in [1.82, 2.24) is 0 Å². The second-order valence-corrected chi connectivity index (χ2v) is 8.20. The highest BCUT2D eigenvalue weighted by molar-refractivity contribution is 6.46. The molecule has 5 rings (SSSR count). The van der Waals surface area contributed by atoms with Gasteiger partial charge < -0.3 is 19.5 Å². The van der Waals surface area contributed by atoms with E-state index in [4.69, 9.17) is 14.2 Å². The fourth-order valence-corrected chi connectivity index (χ4v) is 4.21. The van der Waals surface area contributed by atoms with E-state index in [0.29, 0.717) is 53.0 Å². The third-order valence-electron chi connectivity index (χ3n) is 5.88. The van der Waals surface area contributed by atoms with E-state index in [0.717, 1.165) is 11.1 Å². The van der Waals surface area contributed by atoms with E-state index in [9.17, 15) is 9.59 Å². The number of carbonyl (C=O) groups excluding carboxylic acids is 2. The lowest BCUT2D eigenvalue weighted by Crippen LogP contribution is -2.32. The molecule has 0 unspecified atom stereocenters. The summed E-state index contributed by atoms with van der Waals surface area (Å²) >= 11 is 0. The molecule has 34 heavy (non-hydrogen) atoms. The van der Waals surface area contributed by atoms with Gasteiger partial charge in [-0.25, -0.2) is 4.90 Å². The first-order chi connectivity index (χ1) is 16.5. The summed E-state index contributed by atoms with van der Waals surface area (Å²) in [4.78, 5) is 28.6. The predicted molar refractivity (Wildman–Crippen MR) is 129 cm³/mol. The summed E-state index contributed by atoms with van der Waals surface area (Å²) in [6.45, 7) is 4.80. The van der Waals surface area contributed by atoms with E-state index in [1.165, 1.54) is 4.90 Å². The molecule has 0 saturated carbocycles. The van der Waals surface area contributed by atoms with Gasteiger partial charge in [0.1, 0.15) is 24.7 Å². The molecule has 0 spiro atoms. The summed E-state index contributed by atoms with van der Waals surface area (Å²) in [5, 5.41) is 3.18. The van der Waals surface area contributed by atoms with Crippen molar-refractivity contribution in [3.05, 3.63) is 83.1 Å². The number of aryl methyl sites for hydroxylation is 2. The quantitative estimate of drug-likeness (QED) is 0.571. The smallest absolute Gasteiger partial charge is 0.282 e. The van der Waals surface area contributed by atoms with Crippen LogP contribution in [0.1, 0.15) is 16.7 Å². The maximum Gasteiger partial charge on any atom is 0.282 e. The molecule has 0 aliphatic carbocycles. The van der Waals surface area contributed by atoms with Gasteiger partial charge in [0.15, 0.2) is 11.5 Å². The van der Waals surface area contributed by atoms with Crippen molar-refractivity contribution >= 4 is 28.8 Å². The van der Waals surface area contributed by atoms with Crippen LogP contribution in [0.15, 0.2) is 66.4 Å². The second kappa shape index (κ2) is 8.59. The molecule has 2 aliphatic rings. The molecule has 0 saturated heterocycles. The number of nitrogens with one attached hydrogen (secondary N) is 1. The molecular weight excluding hydrogens is 432 g/mol. The van der Waals surface area contributed by atoms with E-state index in [1.807, 2.05) is 32.0 Å². The lowest BCUT2D eigenvalue weighted by atomic mass is 9.97. The SMILES string of the molecule is COc1ccc(NC2=C(c3ccc(C)cc3C)C(=O)N(c3ccc4c(c3)OCCO4)C2=O)cc1. The minimum atomic E-state index is -0.438. The second-order valence-electron chi connectivity index (χ2n) is 8.20. The van der Waals surface area contributed by atoms with Crippen molar-refractivity contribution in [2.75, 3.05) is 30.5 Å². The minimum absolute atomic E-state index is 0.219. The highest BCUT2D eigenvalue weighted by Crippen LogP contribution is 2.39. The molecule has 3 aromatic rings. The molecule has 2 aliphatic heterocycles. The third kappa shape index (κ3) is 3.75. The van der Waals surface area contributed by atoms with Gasteiger partial charge in [-0.3, -0.25) is 9.59 Å². The first kappa shape index (κ1) is 21.6. The number of carbonyl (C=O) groups is 2. The average Bonchev–Trinajstić information content (AvgIpc) is 3.08. The van der Waals surface area contributed by atoms with Crippen LogP contribution in [0.3, 0.4) is 0 Å². The third-order valence-corrected chi connectivity index (χ3v) is 5.88. The van der Waals surface area contributed by atoms with Crippen LogP contribution in [0.25, 0.3) is 5.57 Å². The Morgan fingerprint density at radius 2 is 1.59 bits per heavy atom. The van der Waals surface area contributed by atoms with Crippen molar-refractivity contribution < 1.29 is 23.8 Å². The van der Waals surface area contributed by atoms with Gasteiger partial charge in [0.25, 0.3) is 11.8 Å². The maximum atomic E-state index is 13.7. The lowest BCUT2D eigenvalue weighted by Gasteiger charge is -2.21. The van der Waals surface area contributed by atoms with Crippen LogP contribution in [0.4, 0.5) is 11.4 Å². The van der Waals surface area contributed by atoms with Gasteiger partial charge in [-0.2, -0.15) is 0 Å². The van der Waals surface area contributed by atoms with Gasteiger partial charge in [0, 0.05) is 11.8 Å². The Morgan fingerprint density at radius 3 is 2.29 bits per heavy atom. The number of methoxy groups -OCH3 is 1. The standard InChI is InChI=1S/C27H24N2O5/c1-16-4-10-21(17(2)14-16)24-25(28-18-5-8-20(32-3)9-6-18)27(31)29(26(24)30)19-7-11-22-23(15-19)34-13-12-33-22/h4-11,14-15,28H,12-13H2,1-3H3. The van der Waals surface area contributed by atoms with Crippen molar-refractivity contribution in [3.63, 3.8) is 0 Å². The number of imide groups is 1. The zero-order valence-corrected chi connectivity index (χ0v) is 19.2. The number of nitrogens with zero attached hydrogens (tertiary/aromatic N) is 1. The van der Waals surface area contributed by atoms with Gasteiger partial charge >= 0.3 is 0 Å². The van der Waals surface area contributed by atoms with Crippen molar-refractivity contribution in [2.45, 2.75) is 13.8 Å². The molecule has 7 heteroatoms. The number of ether oxygens (including phenoxy) is 3. The normalized spacial score (nSPS) is 15.1. The Labute approximate surface area is 197 Å². The van der Waals surface area contributed by atoms with Crippen LogP contribution in [0.2, 0.25) is 0 Å². The molecule has 1 N–H and O–H groups in total. The zero-order chi connectivity index (χ0) is 23.8. The van der Waals surface area contributed by atoms with Crippen LogP contribution in [0.5, 0.6) is 17.2 Å². The largest absolute Gasteiger partial charge is 0.497 e. The minimum Gasteiger partial charge on any atom is -0.497 e. The van der Waals surface area contributed by atoms with E-state index in [2.05, 4.69) is 5.32 Å².